The van der Waals surface area contributed by atoms with Crippen molar-refractivity contribution in [2.45, 2.75) is 84.0 Å². The van der Waals surface area contributed by atoms with Crippen molar-refractivity contribution in [1.82, 2.24) is 16.0 Å². The summed E-state index contributed by atoms with van der Waals surface area (Å²) in [5.74, 6) is -3.03. The smallest absolute Gasteiger partial charge is 0.326 e. The molecule has 0 saturated carbocycles. The molecule has 0 unspecified atom stereocenters. The van der Waals surface area contributed by atoms with E-state index in [9.17, 15) is 24.3 Å². The van der Waals surface area contributed by atoms with E-state index < -0.39 is 47.4 Å². The number of hydrogen-bond acceptors (Lipinski definition) is 6. The number of carboxylic acid groups (broad SMARTS) is 1. The van der Waals surface area contributed by atoms with Gasteiger partial charge in [0.15, 0.2) is 0 Å². The van der Waals surface area contributed by atoms with Crippen molar-refractivity contribution in [2.24, 2.45) is 17.4 Å². The van der Waals surface area contributed by atoms with Gasteiger partial charge in [0, 0.05) is 0 Å². The second kappa shape index (κ2) is 12.4. The molecule has 0 aromatic rings. The van der Waals surface area contributed by atoms with Crippen LogP contribution in [0.1, 0.15) is 60.3 Å². The van der Waals surface area contributed by atoms with Crippen LogP contribution in [-0.2, 0) is 19.2 Å². The lowest BCUT2D eigenvalue weighted by molar-refractivity contribution is -0.143. The van der Waals surface area contributed by atoms with Crippen LogP contribution in [0.25, 0.3) is 0 Å². The predicted molar refractivity (Wildman–Crippen MR) is 110 cm³/mol. The lowest BCUT2D eigenvalue weighted by Gasteiger charge is -2.27. The summed E-state index contributed by atoms with van der Waals surface area (Å²) >= 11 is 0. The van der Waals surface area contributed by atoms with Crippen LogP contribution < -0.4 is 27.4 Å². The van der Waals surface area contributed by atoms with E-state index in [1.54, 1.807) is 6.92 Å². The molecule has 168 valence electrons. The Morgan fingerprint density at radius 2 is 1.59 bits per heavy atom. The minimum Gasteiger partial charge on any atom is -0.480 e. The maximum Gasteiger partial charge on any atom is 0.326 e. The number of amides is 3. The number of unbranched alkanes of at least 4 members (excludes halogenated alkanes) is 1. The van der Waals surface area contributed by atoms with E-state index >= 15 is 0 Å². The fourth-order valence-electron chi connectivity index (χ4n) is 2.44. The third-order valence-electron chi connectivity index (χ3n) is 4.68. The summed E-state index contributed by atoms with van der Waals surface area (Å²) in [4.78, 5) is 48.6. The van der Waals surface area contributed by atoms with Gasteiger partial charge >= 0.3 is 5.97 Å². The molecule has 0 heterocycles. The summed E-state index contributed by atoms with van der Waals surface area (Å²) in [6.07, 6.45) is 2.04. The monoisotopic (exact) mass is 415 g/mol. The van der Waals surface area contributed by atoms with E-state index in [0.717, 1.165) is 0 Å². The first-order valence-corrected chi connectivity index (χ1v) is 9.98. The molecule has 0 rings (SSSR count). The third-order valence-corrected chi connectivity index (χ3v) is 4.68. The summed E-state index contributed by atoms with van der Waals surface area (Å²) in [5, 5.41) is 17.0. The first kappa shape index (κ1) is 26.8. The summed E-state index contributed by atoms with van der Waals surface area (Å²) in [6.45, 7) is 8.58. The molecule has 0 saturated heterocycles. The Hall–Kier alpha value is -2.20. The molecule has 10 heteroatoms. The normalized spacial score (nSPS) is 15.6. The van der Waals surface area contributed by atoms with Crippen LogP contribution in [0.5, 0.6) is 0 Å². The SMILES string of the molecule is CC[C@H](C)[C@H](NC(=O)[C@H](C)NC(=O)C(C)(C)N)C(=O)N[C@@H](CCCCN)C(=O)O. The van der Waals surface area contributed by atoms with Gasteiger partial charge in [-0.05, 0) is 52.5 Å². The van der Waals surface area contributed by atoms with Crippen molar-refractivity contribution in [3.05, 3.63) is 0 Å². The molecule has 4 atom stereocenters. The van der Waals surface area contributed by atoms with E-state index in [2.05, 4.69) is 16.0 Å². The van der Waals surface area contributed by atoms with Crippen LogP contribution in [0, 0.1) is 5.92 Å². The predicted octanol–water partition coefficient (Wildman–Crippen LogP) is -0.542. The van der Waals surface area contributed by atoms with Gasteiger partial charge < -0.3 is 32.5 Å². The van der Waals surface area contributed by atoms with Gasteiger partial charge in [0.05, 0.1) is 5.54 Å². The molecule has 29 heavy (non-hydrogen) atoms. The number of nitrogens with two attached hydrogens (primary N) is 2. The number of rotatable bonds is 13. The summed E-state index contributed by atoms with van der Waals surface area (Å²) in [6, 6.07) is -2.91. The lowest BCUT2D eigenvalue weighted by atomic mass is 9.97. The van der Waals surface area contributed by atoms with Crippen LogP contribution in [0.15, 0.2) is 0 Å². The zero-order valence-corrected chi connectivity index (χ0v) is 18.1. The lowest BCUT2D eigenvalue weighted by Crippen LogP contribution is -2.59. The fourth-order valence-corrected chi connectivity index (χ4v) is 2.44. The molecule has 3 amide bonds. The Kier molecular flexibility index (Phi) is 11.4. The highest BCUT2D eigenvalue weighted by Crippen LogP contribution is 2.10. The highest BCUT2D eigenvalue weighted by atomic mass is 16.4. The quantitative estimate of drug-likeness (QED) is 0.219. The molecule has 10 nitrogen and oxygen atoms in total. The van der Waals surface area contributed by atoms with E-state index in [-0.39, 0.29) is 12.3 Å². The van der Waals surface area contributed by atoms with Gasteiger partial charge in [-0.3, -0.25) is 14.4 Å². The van der Waals surface area contributed by atoms with E-state index in [0.29, 0.717) is 25.8 Å². The number of aliphatic carboxylic acids is 1. The molecule has 0 fully saturated rings. The van der Waals surface area contributed by atoms with Gasteiger partial charge in [0.1, 0.15) is 18.1 Å². The average Bonchev–Trinajstić information content (AvgIpc) is 2.63. The highest BCUT2D eigenvalue weighted by molar-refractivity contribution is 5.94. The number of carboxylic acids is 1. The summed E-state index contributed by atoms with van der Waals surface area (Å²) in [7, 11) is 0. The summed E-state index contributed by atoms with van der Waals surface area (Å²) < 4.78 is 0. The van der Waals surface area contributed by atoms with Crippen LogP contribution >= 0.6 is 0 Å². The van der Waals surface area contributed by atoms with Crippen molar-refractivity contribution in [3.63, 3.8) is 0 Å². The Morgan fingerprint density at radius 1 is 1.00 bits per heavy atom. The van der Waals surface area contributed by atoms with Crippen molar-refractivity contribution < 1.29 is 24.3 Å². The molecule has 0 aliphatic rings. The number of carbonyl (C=O) groups is 4. The largest absolute Gasteiger partial charge is 0.480 e. The first-order valence-electron chi connectivity index (χ1n) is 9.98. The Bertz CT molecular complexity index is 576. The second-order valence-electron chi connectivity index (χ2n) is 7.97. The Labute approximate surface area is 172 Å². The molecule has 0 radical (unpaired) electrons. The minimum atomic E-state index is -1.15. The van der Waals surface area contributed by atoms with Crippen molar-refractivity contribution in [2.75, 3.05) is 6.54 Å². The maximum atomic E-state index is 12.7. The summed E-state index contributed by atoms with van der Waals surface area (Å²) in [5.41, 5.74) is 9.98. The average molecular weight is 416 g/mol. The third kappa shape index (κ3) is 9.71. The zero-order chi connectivity index (χ0) is 22.8. The van der Waals surface area contributed by atoms with E-state index in [1.165, 1.54) is 20.8 Å². The van der Waals surface area contributed by atoms with Gasteiger partial charge in [-0.1, -0.05) is 20.3 Å². The van der Waals surface area contributed by atoms with Gasteiger partial charge in [-0.25, -0.2) is 4.79 Å². The molecule has 0 aromatic carbocycles. The first-order chi connectivity index (χ1) is 13.3. The maximum absolute atomic E-state index is 12.7. The second-order valence-corrected chi connectivity index (χ2v) is 7.97. The number of carbonyl (C=O) groups excluding carboxylic acids is 3. The topological polar surface area (TPSA) is 177 Å². The molecule has 0 aliphatic heterocycles. The number of nitrogens with one attached hydrogen (secondary N) is 3. The van der Waals surface area contributed by atoms with Gasteiger partial charge in [-0.2, -0.15) is 0 Å². The van der Waals surface area contributed by atoms with Crippen molar-refractivity contribution >= 4 is 23.7 Å². The standard InChI is InChI=1S/C19H37N5O5/c1-6-11(2)14(16(26)23-13(17(27)28)9-7-8-10-20)24-15(25)12(3)22-18(29)19(4,5)21/h11-14H,6-10,20-21H2,1-5H3,(H,22,29)(H,23,26)(H,24,25)(H,27,28)/t11-,12-,13-,14-/m0/s1. The van der Waals surface area contributed by atoms with Gasteiger partial charge in [-0.15, -0.1) is 0 Å². The zero-order valence-electron chi connectivity index (χ0n) is 18.1. The molecule has 0 spiro atoms. The molecule has 8 N–H and O–H groups in total. The Balaban J connectivity index is 5.14. The fraction of sp³-hybridized carbons (Fsp3) is 0.789. The van der Waals surface area contributed by atoms with Crippen LogP contribution in [0.3, 0.4) is 0 Å². The molecular formula is C19H37N5O5. The van der Waals surface area contributed by atoms with E-state index in [4.69, 9.17) is 11.5 Å². The molecule has 0 aromatic heterocycles. The molecule has 0 aliphatic carbocycles. The minimum absolute atomic E-state index is 0.244. The van der Waals surface area contributed by atoms with Gasteiger partial charge in [0.25, 0.3) is 0 Å². The van der Waals surface area contributed by atoms with Crippen LogP contribution in [-0.4, -0.2) is 59.0 Å². The highest BCUT2D eigenvalue weighted by Gasteiger charge is 2.32. The molecule has 0 bridgehead atoms. The van der Waals surface area contributed by atoms with Crippen LogP contribution in [0.4, 0.5) is 0 Å². The van der Waals surface area contributed by atoms with E-state index in [1.807, 2.05) is 6.92 Å². The van der Waals surface area contributed by atoms with Gasteiger partial charge in [0.2, 0.25) is 17.7 Å². The molecular weight excluding hydrogens is 378 g/mol. The van der Waals surface area contributed by atoms with Crippen molar-refractivity contribution in [3.8, 4) is 0 Å². The Morgan fingerprint density at radius 3 is 2.03 bits per heavy atom. The van der Waals surface area contributed by atoms with Crippen LogP contribution in [0.2, 0.25) is 0 Å². The van der Waals surface area contributed by atoms with Crippen molar-refractivity contribution in [1.29, 1.82) is 0 Å². The number of hydrogen-bond donors (Lipinski definition) is 6.